The highest BCUT2D eigenvalue weighted by molar-refractivity contribution is 7.88. The van der Waals surface area contributed by atoms with Crippen LogP contribution in [0.1, 0.15) is 24.0 Å². The van der Waals surface area contributed by atoms with E-state index in [0.29, 0.717) is 18.6 Å². The number of likely N-dealkylation sites (N-methyl/N-ethyl adjacent to an activating group) is 1. The van der Waals surface area contributed by atoms with Crippen LogP contribution >= 0.6 is 0 Å². The summed E-state index contributed by atoms with van der Waals surface area (Å²) in [6.07, 6.45) is 4.24. The number of fused-ring (bicyclic) bond motifs is 1. The van der Waals surface area contributed by atoms with Gasteiger partial charge in [0.05, 0.1) is 5.75 Å². The smallest absolute Gasteiger partial charge is 0.218 e. The first-order valence-corrected chi connectivity index (χ1v) is 9.91. The van der Waals surface area contributed by atoms with Crippen molar-refractivity contribution in [2.75, 3.05) is 33.7 Å². The molecule has 2 aromatic rings. The number of hydrogen-bond acceptors (Lipinski definition) is 4. The highest BCUT2D eigenvalue weighted by Crippen LogP contribution is 2.25. The van der Waals surface area contributed by atoms with Crippen molar-refractivity contribution in [2.45, 2.75) is 25.0 Å². The molecule has 1 aliphatic rings. The van der Waals surface area contributed by atoms with Crippen molar-refractivity contribution in [3.05, 3.63) is 40.7 Å². The van der Waals surface area contributed by atoms with E-state index in [4.69, 9.17) is 0 Å². The fraction of sp³-hybridized carbons (Fsp3) is 0.529. The molecule has 1 fully saturated rings. The average molecular weight is 350 g/mol. The van der Waals surface area contributed by atoms with Gasteiger partial charge in [0.15, 0.2) is 0 Å². The summed E-state index contributed by atoms with van der Waals surface area (Å²) >= 11 is 0. The van der Waals surface area contributed by atoms with Crippen LogP contribution in [0.4, 0.5) is 0 Å². The Kier molecular flexibility index (Phi) is 4.85. The Hall–Kier alpha value is -1.57. The molecule has 0 bridgehead atoms. The zero-order valence-corrected chi connectivity index (χ0v) is 15.1. The highest BCUT2D eigenvalue weighted by Gasteiger charge is 2.25. The summed E-state index contributed by atoms with van der Waals surface area (Å²) in [6.45, 7) is 2.08. The molecule has 3 rings (SSSR count). The summed E-state index contributed by atoms with van der Waals surface area (Å²) in [7, 11) is 0.708. The molecule has 7 heteroatoms. The zero-order chi connectivity index (χ0) is 17.3. The maximum atomic E-state index is 12.5. The summed E-state index contributed by atoms with van der Waals surface area (Å²) in [5.74, 6) is 0.0000969. The SMILES string of the molecule is CN(C)CCc1cn([O-])c2ccc(CS(=O)(=O)N3CCCC3)cc12. The molecule has 0 aliphatic carbocycles. The predicted octanol–water partition coefficient (Wildman–Crippen LogP) is 2.02. The highest BCUT2D eigenvalue weighted by atomic mass is 32.2. The average Bonchev–Trinajstić information content (AvgIpc) is 3.14. The summed E-state index contributed by atoms with van der Waals surface area (Å²) in [4.78, 5) is 2.07. The molecule has 0 spiro atoms. The number of aromatic nitrogens is 1. The van der Waals surface area contributed by atoms with E-state index < -0.39 is 10.0 Å². The molecule has 24 heavy (non-hydrogen) atoms. The molecule has 1 aromatic carbocycles. The van der Waals surface area contributed by atoms with Gasteiger partial charge in [0, 0.05) is 36.7 Å². The van der Waals surface area contributed by atoms with Crippen molar-refractivity contribution in [3.63, 3.8) is 0 Å². The van der Waals surface area contributed by atoms with Gasteiger partial charge in [0.1, 0.15) is 0 Å². The standard InChI is InChI=1S/C17H24N3O3S/c1-18(2)10-7-15-12-20(21)17-6-5-14(11-16(15)17)13-24(22,23)19-8-3-4-9-19/h5-6,11-12H,3-4,7-10,13H2,1-2H3/q-1. The monoisotopic (exact) mass is 350 g/mol. The first kappa shape index (κ1) is 17.3. The van der Waals surface area contributed by atoms with Crippen LogP contribution in [0, 0.1) is 5.21 Å². The quantitative estimate of drug-likeness (QED) is 0.799. The van der Waals surface area contributed by atoms with Crippen LogP contribution in [0.2, 0.25) is 0 Å². The van der Waals surface area contributed by atoms with Crippen molar-refractivity contribution < 1.29 is 8.42 Å². The summed E-state index contributed by atoms with van der Waals surface area (Å²) in [5.41, 5.74) is 2.31. The summed E-state index contributed by atoms with van der Waals surface area (Å²) in [5, 5.41) is 12.9. The Morgan fingerprint density at radius 3 is 2.58 bits per heavy atom. The molecular formula is C17H24N3O3S-. The number of sulfonamides is 1. The topological polar surface area (TPSA) is 68.6 Å². The molecular weight excluding hydrogens is 326 g/mol. The molecule has 1 saturated heterocycles. The second-order valence-corrected chi connectivity index (χ2v) is 8.72. The number of benzene rings is 1. The van der Waals surface area contributed by atoms with Crippen molar-refractivity contribution in [3.8, 4) is 0 Å². The third-order valence-electron chi connectivity index (χ3n) is 4.55. The zero-order valence-electron chi connectivity index (χ0n) is 14.2. The van der Waals surface area contributed by atoms with Gasteiger partial charge in [-0.15, -0.1) is 0 Å². The molecule has 0 unspecified atom stereocenters. The van der Waals surface area contributed by atoms with Crippen molar-refractivity contribution in [1.29, 1.82) is 0 Å². The van der Waals surface area contributed by atoms with Crippen LogP contribution in [-0.2, 0) is 22.2 Å². The van der Waals surface area contributed by atoms with E-state index in [1.807, 2.05) is 20.2 Å². The van der Waals surface area contributed by atoms with Gasteiger partial charge in [-0.05, 0) is 56.6 Å². The molecule has 0 amide bonds. The van der Waals surface area contributed by atoms with E-state index in [1.54, 1.807) is 22.6 Å². The first-order chi connectivity index (χ1) is 11.4. The molecule has 2 heterocycles. The van der Waals surface area contributed by atoms with Crippen molar-refractivity contribution >= 4 is 20.9 Å². The van der Waals surface area contributed by atoms with E-state index in [-0.39, 0.29) is 5.75 Å². The maximum absolute atomic E-state index is 12.5. The molecule has 132 valence electrons. The second-order valence-electron chi connectivity index (χ2n) is 6.75. The largest absolute Gasteiger partial charge is 0.806 e. The van der Waals surface area contributed by atoms with Gasteiger partial charge >= 0.3 is 0 Å². The Morgan fingerprint density at radius 1 is 1.21 bits per heavy atom. The van der Waals surface area contributed by atoms with Gasteiger partial charge in [-0.1, -0.05) is 6.07 Å². The Bertz CT molecular complexity index is 821. The van der Waals surface area contributed by atoms with E-state index in [2.05, 4.69) is 4.90 Å². The molecule has 0 radical (unpaired) electrons. The van der Waals surface area contributed by atoms with Crippen LogP contribution in [0.5, 0.6) is 0 Å². The van der Waals surface area contributed by atoms with Crippen LogP contribution in [-0.4, -0.2) is 56.1 Å². The van der Waals surface area contributed by atoms with Gasteiger partial charge in [0.2, 0.25) is 10.0 Å². The predicted molar refractivity (Wildman–Crippen MR) is 96.4 cm³/mol. The van der Waals surface area contributed by atoms with Crippen molar-refractivity contribution in [2.24, 2.45) is 0 Å². The lowest BCUT2D eigenvalue weighted by Crippen LogP contribution is -2.29. The molecule has 1 aliphatic heterocycles. The van der Waals surface area contributed by atoms with E-state index in [9.17, 15) is 13.6 Å². The van der Waals surface area contributed by atoms with Gasteiger partial charge in [-0.25, -0.2) is 12.7 Å². The molecule has 1 aromatic heterocycles. The van der Waals surface area contributed by atoms with E-state index in [1.165, 1.54) is 0 Å². The fourth-order valence-electron chi connectivity index (χ4n) is 3.21. The number of nitrogens with zero attached hydrogens (tertiary/aromatic N) is 3. The molecule has 6 nitrogen and oxygen atoms in total. The van der Waals surface area contributed by atoms with Crippen LogP contribution in [0.15, 0.2) is 24.4 Å². The van der Waals surface area contributed by atoms with Gasteiger partial charge in [0.25, 0.3) is 0 Å². The Balaban J connectivity index is 1.88. The minimum Gasteiger partial charge on any atom is -0.806 e. The Morgan fingerprint density at radius 2 is 1.92 bits per heavy atom. The third-order valence-corrected chi connectivity index (χ3v) is 6.40. The van der Waals surface area contributed by atoms with E-state index >= 15 is 0 Å². The summed E-state index contributed by atoms with van der Waals surface area (Å²) < 4.78 is 27.4. The maximum Gasteiger partial charge on any atom is 0.218 e. The number of rotatable bonds is 6. The molecule has 0 saturated carbocycles. The van der Waals surface area contributed by atoms with Gasteiger partial charge < -0.3 is 14.8 Å². The molecule has 0 N–H and O–H groups in total. The normalized spacial score (nSPS) is 16.5. The first-order valence-electron chi connectivity index (χ1n) is 8.30. The lowest BCUT2D eigenvalue weighted by Gasteiger charge is -2.15. The van der Waals surface area contributed by atoms with Crippen molar-refractivity contribution in [1.82, 2.24) is 13.9 Å². The second kappa shape index (κ2) is 6.74. The lowest BCUT2D eigenvalue weighted by molar-refractivity contribution is 0.414. The third kappa shape index (κ3) is 3.58. The summed E-state index contributed by atoms with van der Waals surface area (Å²) in [6, 6.07) is 5.35. The lowest BCUT2D eigenvalue weighted by atomic mass is 10.1. The molecule has 0 atom stereocenters. The van der Waals surface area contributed by atoms with Gasteiger partial charge in [-0.3, -0.25) is 0 Å². The Labute approximate surface area is 143 Å². The minimum absolute atomic E-state index is 0.0000969. The fourth-order valence-corrected chi connectivity index (χ4v) is 4.81. The van der Waals surface area contributed by atoms with Crippen LogP contribution in [0.3, 0.4) is 0 Å². The minimum atomic E-state index is -3.27. The van der Waals surface area contributed by atoms with Crippen LogP contribution < -0.4 is 0 Å². The van der Waals surface area contributed by atoms with Crippen LogP contribution in [0.25, 0.3) is 10.9 Å². The van der Waals surface area contributed by atoms with Gasteiger partial charge in [-0.2, -0.15) is 0 Å². The van der Waals surface area contributed by atoms with E-state index in [0.717, 1.165) is 47.1 Å². The number of hydrogen-bond donors (Lipinski definition) is 0.